The molecular weight excluding hydrogens is 376 g/mol. The molecule has 2 saturated carbocycles. The first-order valence-corrected chi connectivity index (χ1v) is 13.2. The smallest absolute Gasteiger partial charge is 0.159 e. The Balaban J connectivity index is 1.31. The molecule has 0 saturated heterocycles. The second-order valence-corrected chi connectivity index (χ2v) is 10.3. The van der Waals surface area contributed by atoms with Gasteiger partial charge < -0.3 is 0 Å². The van der Waals surface area contributed by atoms with Crippen LogP contribution in [0.15, 0.2) is 36.7 Å². The molecule has 1 heterocycles. The molecule has 4 rings (SSSR count). The van der Waals surface area contributed by atoms with Gasteiger partial charge in [0.25, 0.3) is 0 Å². The molecule has 2 aliphatic rings. The van der Waals surface area contributed by atoms with E-state index in [-0.39, 0.29) is 0 Å². The van der Waals surface area contributed by atoms with Crippen molar-refractivity contribution in [1.82, 2.24) is 9.97 Å². The number of hydrogen-bond acceptors (Lipinski definition) is 2. The molecule has 1 aromatic carbocycles. The summed E-state index contributed by atoms with van der Waals surface area (Å²) in [7, 11) is 0. The Labute approximate surface area is 190 Å². The van der Waals surface area contributed by atoms with Crippen LogP contribution in [-0.2, 0) is 0 Å². The van der Waals surface area contributed by atoms with E-state index in [2.05, 4.69) is 50.5 Å². The van der Waals surface area contributed by atoms with Crippen molar-refractivity contribution in [2.24, 2.45) is 11.8 Å². The molecule has 0 spiro atoms. The molecule has 2 aliphatic carbocycles. The number of benzene rings is 1. The van der Waals surface area contributed by atoms with Gasteiger partial charge in [-0.15, -0.1) is 0 Å². The number of rotatable bonds is 8. The molecule has 0 aliphatic heterocycles. The van der Waals surface area contributed by atoms with E-state index in [0.717, 1.165) is 29.1 Å². The predicted octanol–water partition coefficient (Wildman–Crippen LogP) is 8.68. The van der Waals surface area contributed by atoms with E-state index in [9.17, 15) is 0 Å². The van der Waals surface area contributed by atoms with Gasteiger partial charge in [-0.25, -0.2) is 9.97 Å². The zero-order valence-corrected chi connectivity index (χ0v) is 19.9. The van der Waals surface area contributed by atoms with Gasteiger partial charge in [-0.2, -0.15) is 0 Å². The highest BCUT2D eigenvalue weighted by Crippen LogP contribution is 2.39. The molecule has 0 radical (unpaired) electrons. The Kier molecular flexibility index (Phi) is 8.16. The number of unbranched alkanes of at least 4 members (excludes halogenated alkanes) is 1. The van der Waals surface area contributed by atoms with Crippen LogP contribution in [0.1, 0.15) is 120 Å². The zero-order valence-electron chi connectivity index (χ0n) is 19.9. The van der Waals surface area contributed by atoms with E-state index in [0.29, 0.717) is 5.92 Å². The summed E-state index contributed by atoms with van der Waals surface area (Å²) in [6.45, 7) is 4.62. The monoisotopic (exact) mass is 418 g/mol. The molecule has 168 valence electrons. The third-order valence-corrected chi connectivity index (χ3v) is 8.14. The van der Waals surface area contributed by atoms with E-state index in [4.69, 9.17) is 9.97 Å². The normalized spacial score (nSPS) is 26.6. The van der Waals surface area contributed by atoms with Crippen LogP contribution in [0.5, 0.6) is 0 Å². The van der Waals surface area contributed by atoms with Crippen molar-refractivity contribution in [2.45, 2.75) is 109 Å². The van der Waals surface area contributed by atoms with Crippen molar-refractivity contribution in [3.63, 3.8) is 0 Å². The summed E-state index contributed by atoms with van der Waals surface area (Å²) in [5.74, 6) is 4.21. The topological polar surface area (TPSA) is 25.8 Å². The van der Waals surface area contributed by atoms with Crippen LogP contribution in [0.3, 0.4) is 0 Å². The molecular formula is C29H42N2. The van der Waals surface area contributed by atoms with Gasteiger partial charge in [0.15, 0.2) is 5.82 Å². The number of aromatic nitrogens is 2. The van der Waals surface area contributed by atoms with E-state index in [1.54, 1.807) is 0 Å². The fraction of sp³-hybridized carbons (Fsp3) is 0.655. The lowest BCUT2D eigenvalue weighted by molar-refractivity contribution is 0.304. The maximum Gasteiger partial charge on any atom is 0.159 e. The van der Waals surface area contributed by atoms with Crippen molar-refractivity contribution >= 4 is 0 Å². The van der Waals surface area contributed by atoms with Gasteiger partial charge >= 0.3 is 0 Å². The Morgan fingerprint density at radius 1 is 0.645 bits per heavy atom. The van der Waals surface area contributed by atoms with Crippen LogP contribution >= 0.6 is 0 Å². The first-order valence-electron chi connectivity index (χ1n) is 13.2. The van der Waals surface area contributed by atoms with E-state index < -0.39 is 0 Å². The number of nitrogens with zero attached hydrogens (tertiary/aromatic N) is 2. The van der Waals surface area contributed by atoms with Gasteiger partial charge in [0.1, 0.15) is 0 Å². The highest BCUT2D eigenvalue weighted by atomic mass is 14.9. The Morgan fingerprint density at radius 2 is 1.19 bits per heavy atom. The molecule has 2 heteroatoms. The highest BCUT2D eigenvalue weighted by molar-refractivity contribution is 5.55. The molecule has 0 bridgehead atoms. The average Bonchev–Trinajstić information content (AvgIpc) is 2.84. The maximum atomic E-state index is 4.75. The SMILES string of the molecule is CCCCC1CCC(c2cnc(-c3ccc(C4CCC(CCC)CC4)cc3)nc2)CC1. The van der Waals surface area contributed by atoms with E-state index >= 15 is 0 Å². The Morgan fingerprint density at radius 3 is 1.74 bits per heavy atom. The van der Waals surface area contributed by atoms with Gasteiger partial charge in [0.2, 0.25) is 0 Å². The van der Waals surface area contributed by atoms with Crippen molar-refractivity contribution in [2.75, 3.05) is 0 Å². The predicted molar refractivity (Wildman–Crippen MR) is 131 cm³/mol. The summed E-state index contributed by atoms with van der Waals surface area (Å²) in [4.78, 5) is 9.51. The minimum atomic E-state index is 0.664. The molecule has 0 unspecified atom stereocenters. The molecule has 0 atom stereocenters. The fourth-order valence-electron chi connectivity index (χ4n) is 6.07. The average molecular weight is 419 g/mol. The van der Waals surface area contributed by atoms with E-state index in [1.165, 1.54) is 94.6 Å². The first kappa shape index (κ1) is 22.5. The van der Waals surface area contributed by atoms with Gasteiger partial charge in [-0.3, -0.25) is 0 Å². The minimum absolute atomic E-state index is 0.664. The van der Waals surface area contributed by atoms with Crippen LogP contribution in [0.2, 0.25) is 0 Å². The molecule has 2 aromatic rings. The summed E-state index contributed by atoms with van der Waals surface area (Å²) in [5, 5.41) is 0. The van der Waals surface area contributed by atoms with E-state index in [1.807, 2.05) is 0 Å². The second kappa shape index (κ2) is 11.2. The summed E-state index contributed by atoms with van der Waals surface area (Å²) in [5.41, 5.74) is 4.01. The van der Waals surface area contributed by atoms with Crippen LogP contribution in [0.25, 0.3) is 11.4 Å². The van der Waals surface area contributed by atoms with Gasteiger partial charge in [-0.05, 0) is 86.2 Å². The standard InChI is InChI=1S/C29H42N2/c1-3-5-7-23-10-14-26(15-11-23)28-20-30-29(31-21-28)27-18-16-25(17-19-27)24-12-8-22(6-4-2)9-13-24/h16-24,26H,3-15H2,1-2H3. The molecule has 2 fully saturated rings. The first-order chi connectivity index (χ1) is 15.3. The lowest BCUT2D eigenvalue weighted by Crippen LogP contribution is -2.14. The highest BCUT2D eigenvalue weighted by Gasteiger charge is 2.23. The summed E-state index contributed by atoms with van der Waals surface area (Å²) in [6, 6.07) is 9.13. The van der Waals surface area contributed by atoms with Crippen LogP contribution in [-0.4, -0.2) is 9.97 Å². The van der Waals surface area contributed by atoms with Crippen molar-refractivity contribution < 1.29 is 0 Å². The van der Waals surface area contributed by atoms with Crippen molar-refractivity contribution in [3.05, 3.63) is 47.8 Å². The van der Waals surface area contributed by atoms with Crippen molar-refractivity contribution in [3.8, 4) is 11.4 Å². The third kappa shape index (κ3) is 5.96. The summed E-state index contributed by atoms with van der Waals surface area (Å²) in [6.07, 6.45) is 22.0. The van der Waals surface area contributed by atoms with Crippen LogP contribution in [0, 0.1) is 11.8 Å². The molecule has 31 heavy (non-hydrogen) atoms. The van der Waals surface area contributed by atoms with Gasteiger partial charge in [-0.1, -0.05) is 70.2 Å². The number of hydrogen-bond donors (Lipinski definition) is 0. The Hall–Kier alpha value is -1.70. The maximum absolute atomic E-state index is 4.75. The molecule has 1 aromatic heterocycles. The third-order valence-electron chi connectivity index (χ3n) is 8.14. The molecule has 0 amide bonds. The molecule has 2 nitrogen and oxygen atoms in total. The van der Waals surface area contributed by atoms with Crippen LogP contribution in [0.4, 0.5) is 0 Å². The van der Waals surface area contributed by atoms with Gasteiger partial charge in [0.05, 0.1) is 0 Å². The second-order valence-electron chi connectivity index (χ2n) is 10.3. The molecule has 0 N–H and O–H groups in total. The van der Waals surface area contributed by atoms with Crippen molar-refractivity contribution in [1.29, 1.82) is 0 Å². The van der Waals surface area contributed by atoms with Gasteiger partial charge in [0, 0.05) is 18.0 Å². The minimum Gasteiger partial charge on any atom is -0.236 e. The van der Waals surface area contributed by atoms with Crippen LogP contribution < -0.4 is 0 Å². The summed E-state index contributed by atoms with van der Waals surface area (Å²) < 4.78 is 0. The lowest BCUT2D eigenvalue weighted by Gasteiger charge is -2.28. The fourth-order valence-corrected chi connectivity index (χ4v) is 6.07. The largest absolute Gasteiger partial charge is 0.236 e. The summed E-state index contributed by atoms with van der Waals surface area (Å²) >= 11 is 0. The Bertz CT molecular complexity index is 763. The zero-order chi connectivity index (χ0) is 21.5. The quantitative estimate of drug-likeness (QED) is 0.428. The lowest BCUT2D eigenvalue weighted by atomic mass is 9.77.